The van der Waals surface area contributed by atoms with Gasteiger partial charge in [0, 0.05) is 6.07 Å². The van der Waals surface area contributed by atoms with E-state index in [2.05, 4.69) is 6.92 Å². The molecule has 3 heteroatoms. The van der Waals surface area contributed by atoms with Gasteiger partial charge in [-0.3, -0.25) is 4.79 Å². The van der Waals surface area contributed by atoms with Gasteiger partial charge >= 0.3 is 0 Å². The van der Waals surface area contributed by atoms with Crippen LogP contribution < -0.4 is 9.47 Å². The monoisotopic (exact) mass is 284 g/mol. The molecule has 0 amide bonds. The summed E-state index contributed by atoms with van der Waals surface area (Å²) in [6, 6.07) is 13.3. The van der Waals surface area contributed by atoms with Crippen LogP contribution in [0.25, 0.3) is 0 Å². The molecule has 2 rings (SSSR count). The SMILES string of the molecule is CCCOc1ccc(C=O)c(OCc2ccccc2C)c1. The van der Waals surface area contributed by atoms with Gasteiger partial charge in [0.15, 0.2) is 6.29 Å². The van der Waals surface area contributed by atoms with Gasteiger partial charge in [0.05, 0.1) is 12.2 Å². The lowest BCUT2D eigenvalue weighted by atomic mass is 10.1. The second kappa shape index (κ2) is 7.48. The van der Waals surface area contributed by atoms with Gasteiger partial charge in [-0.05, 0) is 36.6 Å². The Morgan fingerprint density at radius 2 is 1.90 bits per heavy atom. The molecule has 0 aliphatic rings. The van der Waals surface area contributed by atoms with E-state index in [1.165, 1.54) is 5.56 Å². The number of carbonyl (C=O) groups is 1. The van der Waals surface area contributed by atoms with Gasteiger partial charge in [0.25, 0.3) is 0 Å². The van der Waals surface area contributed by atoms with Gasteiger partial charge in [-0.25, -0.2) is 0 Å². The third-order valence-electron chi connectivity index (χ3n) is 3.23. The van der Waals surface area contributed by atoms with Gasteiger partial charge in [-0.2, -0.15) is 0 Å². The lowest BCUT2D eigenvalue weighted by molar-refractivity contribution is 0.111. The molecule has 21 heavy (non-hydrogen) atoms. The van der Waals surface area contributed by atoms with Crippen LogP contribution in [0.15, 0.2) is 42.5 Å². The average Bonchev–Trinajstić information content (AvgIpc) is 2.52. The molecule has 0 spiro atoms. The molecule has 2 aromatic rings. The van der Waals surface area contributed by atoms with Gasteiger partial charge in [-0.15, -0.1) is 0 Å². The predicted molar refractivity (Wildman–Crippen MR) is 83.1 cm³/mol. The first kappa shape index (κ1) is 15.1. The lowest BCUT2D eigenvalue weighted by Crippen LogP contribution is -2.01. The standard InChI is InChI=1S/C18H20O3/c1-3-10-20-17-9-8-15(12-19)18(11-17)21-13-16-7-5-4-6-14(16)2/h4-9,11-12H,3,10,13H2,1-2H3. The fourth-order valence-corrected chi connectivity index (χ4v) is 1.97. The first-order valence-corrected chi connectivity index (χ1v) is 7.14. The molecule has 0 bridgehead atoms. The first-order valence-electron chi connectivity index (χ1n) is 7.14. The minimum absolute atomic E-state index is 0.435. The lowest BCUT2D eigenvalue weighted by Gasteiger charge is -2.12. The Balaban J connectivity index is 2.13. The molecular formula is C18H20O3. The van der Waals surface area contributed by atoms with E-state index >= 15 is 0 Å². The van der Waals surface area contributed by atoms with Gasteiger partial charge in [-0.1, -0.05) is 31.2 Å². The van der Waals surface area contributed by atoms with Crippen molar-refractivity contribution in [2.75, 3.05) is 6.61 Å². The number of ether oxygens (including phenoxy) is 2. The number of benzene rings is 2. The van der Waals surface area contributed by atoms with E-state index in [0.717, 1.165) is 24.0 Å². The predicted octanol–water partition coefficient (Wildman–Crippen LogP) is 4.18. The summed E-state index contributed by atoms with van der Waals surface area (Å²) in [4.78, 5) is 11.1. The Hall–Kier alpha value is -2.29. The topological polar surface area (TPSA) is 35.5 Å². The molecule has 0 N–H and O–H groups in total. The summed E-state index contributed by atoms with van der Waals surface area (Å²) in [5.74, 6) is 1.28. The van der Waals surface area contributed by atoms with E-state index in [9.17, 15) is 4.79 Å². The largest absolute Gasteiger partial charge is 0.493 e. The van der Waals surface area contributed by atoms with Crippen LogP contribution in [-0.4, -0.2) is 12.9 Å². The highest BCUT2D eigenvalue weighted by atomic mass is 16.5. The van der Waals surface area contributed by atoms with Crippen molar-refractivity contribution >= 4 is 6.29 Å². The van der Waals surface area contributed by atoms with Gasteiger partial charge in [0.2, 0.25) is 0 Å². The summed E-state index contributed by atoms with van der Waals surface area (Å²) in [6.07, 6.45) is 1.74. The molecule has 0 heterocycles. The third-order valence-corrected chi connectivity index (χ3v) is 3.23. The summed E-state index contributed by atoms with van der Waals surface area (Å²) < 4.78 is 11.4. The minimum atomic E-state index is 0.435. The van der Waals surface area contributed by atoms with E-state index in [1.807, 2.05) is 31.2 Å². The van der Waals surface area contributed by atoms with Crippen LogP contribution in [-0.2, 0) is 6.61 Å². The van der Waals surface area contributed by atoms with Crippen molar-refractivity contribution in [1.29, 1.82) is 0 Å². The molecular weight excluding hydrogens is 264 g/mol. The van der Waals surface area contributed by atoms with Crippen molar-refractivity contribution in [3.63, 3.8) is 0 Å². The van der Waals surface area contributed by atoms with Crippen LogP contribution in [0.4, 0.5) is 0 Å². The average molecular weight is 284 g/mol. The number of aldehydes is 1. The molecule has 0 saturated carbocycles. The molecule has 0 radical (unpaired) electrons. The number of aryl methyl sites for hydroxylation is 1. The summed E-state index contributed by atoms with van der Waals surface area (Å²) in [5, 5.41) is 0. The molecule has 0 aliphatic carbocycles. The normalized spacial score (nSPS) is 10.2. The summed E-state index contributed by atoms with van der Waals surface area (Å²) in [6.45, 7) is 5.18. The van der Waals surface area contributed by atoms with Crippen molar-refractivity contribution in [3.8, 4) is 11.5 Å². The fraction of sp³-hybridized carbons (Fsp3) is 0.278. The molecule has 0 fully saturated rings. The van der Waals surface area contributed by atoms with Crippen LogP contribution in [0.3, 0.4) is 0 Å². The zero-order chi connectivity index (χ0) is 15.1. The van der Waals surface area contributed by atoms with Crippen molar-refractivity contribution in [2.45, 2.75) is 26.9 Å². The summed E-state index contributed by atoms with van der Waals surface area (Å²) in [7, 11) is 0. The van der Waals surface area contributed by atoms with Crippen LogP contribution in [0.2, 0.25) is 0 Å². The summed E-state index contributed by atoms with van der Waals surface area (Å²) in [5.41, 5.74) is 2.81. The second-order valence-electron chi connectivity index (χ2n) is 4.88. The number of hydrogen-bond donors (Lipinski definition) is 0. The highest BCUT2D eigenvalue weighted by Gasteiger charge is 2.07. The van der Waals surface area contributed by atoms with Crippen LogP contribution >= 0.6 is 0 Å². The quantitative estimate of drug-likeness (QED) is 0.716. The molecule has 3 nitrogen and oxygen atoms in total. The van der Waals surface area contributed by atoms with E-state index in [0.29, 0.717) is 24.5 Å². The van der Waals surface area contributed by atoms with Crippen LogP contribution in [0.5, 0.6) is 11.5 Å². The Labute approximate surface area is 125 Å². The zero-order valence-corrected chi connectivity index (χ0v) is 12.5. The van der Waals surface area contributed by atoms with Crippen molar-refractivity contribution in [2.24, 2.45) is 0 Å². The molecule has 110 valence electrons. The van der Waals surface area contributed by atoms with Crippen molar-refractivity contribution in [1.82, 2.24) is 0 Å². The summed E-state index contributed by atoms with van der Waals surface area (Å²) >= 11 is 0. The maximum absolute atomic E-state index is 11.1. The highest BCUT2D eigenvalue weighted by Crippen LogP contribution is 2.25. The highest BCUT2D eigenvalue weighted by molar-refractivity contribution is 5.79. The van der Waals surface area contributed by atoms with E-state index in [1.54, 1.807) is 18.2 Å². The first-order chi connectivity index (χ1) is 10.2. The van der Waals surface area contributed by atoms with Crippen molar-refractivity contribution in [3.05, 3.63) is 59.2 Å². The number of carbonyl (C=O) groups excluding carboxylic acids is 1. The molecule has 0 aromatic heterocycles. The molecule has 0 atom stereocenters. The van der Waals surface area contributed by atoms with Crippen LogP contribution in [0.1, 0.15) is 34.8 Å². The molecule has 0 unspecified atom stereocenters. The van der Waals surface area contributed by atoms with Crippen LogP contribution in [0, 0.1) is 6.92 Å². The van der Waals surface area contributed by atoms with Crippen molar-refractivity contribution < 1.29 is 14.3 Å². The Morgan fingerprint density at radius 1 is 1.10 bits per heavy atom. The Morgan fingerprint density at radius 3 is 2.62 bits per heavy atom. The number of hydrogen-bond acceptors (Lipinski definition) is 3. The molecule has 2 aromatic carbocycles. The molecule has 0 aliphatic heterocycles. The molecule has 0 saturated heterocycles. The van der Waals surface area contributed by atoms with Gasteiger partial charge < -0.3 is 9.47 Å². The Bertz CT molecular complexity index is 605. The third kappa shape index (κ3) is 4.09. The van der Waals surface area contributed by atoms with E-state index in [4.69, 9.17) is 9.47 Å². The van der Waals surface area contributed by atoms with E-state index in [-0.39, 0.29) is 0 Å². The second-order valence-corrected chi connectivity index (χ2v) is 4.88. The smallest absolute Gasteiger partial charge is 0.153 e. The maximum atomic E-state index is 11.1. The van der Waals surface area contributed by atoms with E-state index < -0.39 is 0 Å². The fourth-order valence-electron chi connectivity index (χ4n) is 1.97. The zero-order valence-electron chi connectivity index (χ0n) is 12.5. The number of rotatable bonds is 7. The Kier molecular flexibility index (Phi) is 5.38. The maximum Gasteiger partial charge on any atom is 0.153 e. The minimum Gasteiger partial charge on any atom is -0.493 e. The van der Waals surface area contributed by atoms with Gasteiger partial charge in [0.1, 0.15) is 18.1 Å².